The van der Waals surface area contributed by atoms with Crippen molar-refractivity contribution in [2.75, 3.05) is 24.4 Å². The Bertz CT molecular complexity index is 439. The van der Waals surface area contributed by atoms with Crippen LogP contribution in [0.2, 0.25) is 0 Å². The van der Waals surface area contributed by atoms with E-state index in [0.717, 1.165) is 6.42 Å². The maximum atomic E-state index is 11.3. The van der Waals surface area contributed by atoms with Gasteiger partial charge in [0.1, 0.15) is 5.82 Å². The van der Waals surface area contributed by atoms with Gasteiger partial charge >= 0.3 is 5.97 Å². The summed E-state index contributed by atoms with van der Waals surface area (Å²) in [6.45, 7) is 1.97. The van der Waals surface area contributed by atoms with Crippen LogP contribution in [0.25, 0.3) is 0 Å². The Balaban J connectivity index is 2.61. The van der Waals surface area contributed by atoms with Crippen LogP contribution < -0.4 is 5.32 Å². The number of carbonyl (C=O) groups is 1. The normalized spacial score (nSPS) is 13.7. The van der Waals surface area contributed by atoms with Crippen LogP contribution in [0.3, 0.4) is 0 Å². The van der Waals surface area contributed by atoms with Crippen molar-refractivity contribution in [2.24, 2.45) is 0 Å². The Kier molecular flexibility index (Phi) is 5.70. The third kappa shape index (κ3) is 4.79. The Labute approximate surface area is 109 Å². The third-order valence-corrected chi connectivity index (χ3v) is 3.07. The number of carbonyl (C=O) groups excluding carboxylic acids is 1. The first-order valence-electron chi connectivity index (χ1n) is 5.51. The van der Waals surface area contributed by atoms with Crippen LogP contribution in [-0.2, 0) is 15.5 Å². The second kappa shape index (κ2) is 7.05. The summed E-state index contributed by atoms with van der Waals surface area (Å²) in [5.74, 6) is 0.637. The number of anilines is 1. The minimum absolute atomic E-state index is 0.0220. The maximum Gasteiger partial charge on any atom is 0.376 e. The van der Waals surface area contributed by atoms with Crippen molar-refractivity contribution in [1.29, 1.82) is 0 Å². The molecule has 0 aromatic carbocycles. The van der Waals surface area contributed by atoms with Gasteiger partial charge in [-0.15, -0.1) is 0 Å². The van der Waals surface area contributed by atoms with Crippen molar-refractivity contribution in [2.45, 2.75) is 19.4 Å². The van der Waals surface area contributed by atoms with Gasteiger partial charge in [-0.2, -0.15) is 0 Å². The number of nitrogens with zero attached hydrogens (tertiary/aromatic N) is 2. The first kappa shape index (κ1) is 14.6. The average Bonchev–Trinajstić information content (AvgIpc) is 2.35. The number of methoxy groups -OCH3 is 1. The SMILES string of the molecule is COC(=O)c1nccc(NC(C)CCS(C)=O)n1. The van der Waals surface area contributed by atoms with Gasteiger partial charge in [0.2, 0.25) is 5.82 Å². The number of nitrogens with one attached hydrogen (secondary N) is 1. The molecule has 1 N–H and O–H groups in total. The minimum atomic E-state index is -0.804. The molecule has 0 aliphatic heterocycles. The lowest BCUT2D eigenvalue weighted by Crippen LogP contribution is -2.19. The van der Waals surface area contributed by atoms with Gasteiger partial charge in [0.05, 0.1) is 7.11 Å². The van der Waals surface area contributed by atoms with Gasteiger partial charge < -0.3 is 10.1 Å². The quantitative estimate of drug-likeness (QED) is 0.772. The van der Waals surface area contributed by atoms with Crippen LogP contribution in [0.15, 0.2) is 12.3 Å². The van der Waals surface area contributed by atoms with E-state index in [4.69, 9.17) is 0 Å². The van der Waals surface area contributed by atoms with E-state index in [9.17, 15) is 9.00 Å². The lowest BCUT2D eigenvalue weighted by Gasteiger charge is -2.13. The fourth-order valence-corrected chi connectivity index (χ4v) is 1.98. The van der Waals surface area contributed by atoms with Crippen molar-refractivity contribution < 1.29 is 13.7 Å². The molecule has 1 heterocycles. The van der Waals surface area contributed by atoms with Crippen LogP contribution >= 0.6 is 0 Å². The third-order valence-electron chi connectivity index (χ3n) is 2.26. The molecule has 0 radical (unpaired) electrons. The zero-order valence-electron chi connectivity index (χ0n) is 10.7. The van der Waals surface area contributed by atoms with Crippen molar-refractivity contribution in [3.05, 3.63) is 18.1 Å². The minimum Gasteiger partial charge on any atom is -0.463 e. The van der Waals surface area contributed by atoms with Crippen LogP contribution in [-0.4, -0.2) is 45.3 Å². The van der Waals surface area contributed by atoms with Crippen LogP contribution in [0.5, 0.6) is 0 Å². The van der Waals surface area contributed by atoms with Crippen molar-refractivity contribution in [3.8, 4) is 0 Å². The van der Waals surface area contributed by atoms with Crippen LogP contribution in [0, 0.1) is 0 Å². The van der Waals surface area contributed by atoms with Gasteiger partial charge in [0, 0.05) is 35.0 Å². The molecule has 0 saturated carbocycles. The highest BCUT2D eigenvalue weighted by molar-refractivity contribution is 7.84. The zero-order valence-corrected chi connectivity index (χ0v) is 11.5. The number of ether oxygens (including phenoxy) is 1. The molecule has 100 valence electrons. The molecule has 0 spiro atoms. The van der Waals surface area contributed by atoms with Gasteiger partial charge in [-0.1, -0.05) is 0 Å². The molecular formula is C11H17N3O3S. The Hall–Kier alpha value is -1.50. The first-order chi connectivity index (χ1) is 8.52. The molecule has 1 rings (SSSR count). The largest absolute Gasteiger partial charge is 0.463 e. The second-order valence-electron chi connectivity index (χ2n) is 3.87. The van der Waals surface area contributed by atoms with Crippen LogP contribution in [0.4, 0.5) is 5.82 Å². The summed E-state index contributed by atoms with van der Waals surface area (Å²) in [6, 6.07) is 1.79. The Morgan fingerprint density at radius 3 is 2.94 bits per heavy atom. The highest BCUT2D eigenvalue weighted by Crippen LogP contribution is 2.07. The zero-order chi connectivity index (χ0) is 13.5. The van der Waals surface area contributed by atoms with Gasteiger partial charge in [0.25, 0.3) is 0 Å². The summed E-state index contributed by atoms with van der Waals surface area (Å²) >= 11 is 0. The fraction of sp³-hybridized carbons (Fsp3) is 0.545. The van der Waals surface area contributed by atoms with Crippen molar-refractivity contribution in [1.82, 2.24) is 9.97 Å². The first-order valence-corrected chi connectivity index (χ1v) is 7.23. The Morgan fingerprint density at radius 1 is 1.61 bits per heavy atom. The van der Waals surface area contributed by atoms with Gasteiger partial charge in [-0.25, -0.2) is 14.8 Å². The van der Waals surface area contributed by atoms with E-state index in [1.807, 2.05) is 6.92 Å². The number of aromatic nitrogens is 2. The molecule has 18 heavy (non-hydrogen) atoms. The number of esters is 1. The number of hydrogen-bond acceptors (Lipinski definition) is 6. The number of rotatable bonds is 6. The molecule has 0 fully saturated rings. The van der Waals surface area contributed by atoms with E-state index in [1.54, 1.807) is 12.3 Å². The molecule has 0 bridgehead atoms. The summed E-state index contributed by atoms with van der Waals surface area (Å²) < 4.78 is 15.5. The molecule has 0 saturated heterocycles. The summed E-state index contributed by atoms with van der Waals surface area (Å²) in [7, 11) is 0.479. The molecule has 2 atom stereocenters. The fourth-order valence-electron chi connectivity index (χ4n) is 1.30. The standard InChI is InChI=1S/C11H17N3O3S/c1-8(5-7-18(3)16)13-9-4-6-12-10(14-9)11(15)17-2/h4,6,8H,5,7H2,1-3H3,(H,12,13,14). The molecular weight excluding hydrogens is 254 g/mol. The van der Waals surface area contributed by atoms with E-state index < -0.39 is 16.8 Å². The van der Waals surface area contributed by atoms with Gasteiger partial charge in [-0.05, 0) is 19.4 Å². The molecule has 1 aromatic heterocycles. The van der Waals surface area contributed by atoms with Crippen molar-refractivity contribution >= 4 is 22.6 Å². The molecule has 1 aromatic rings. The van der Waals surface area contributed by atoms with E-state index in [0.29, 0.717) is 11.6 Å². The smallest absolute Gasteiger partial charge is 0.376 e. The second-order valence-corrected chi connectivity index (χ2v) is 5.42. The molecule has 0 aliphatic rings. The number of hydrogen-bond donors (Lipinski definition) is 1. The predicted molar refractivity (Wildman–Crippen MR) is 70.0 cm³/mol. The lowest BCUT2D eigenvalue weighted by atomic mass is 10.2. The predicted octanol–water partition coefficient (Wildman–Crippen LogP) is 0.832. The summed E-state index contributed by atoms with van der Waals surface area (Å²) in [4.78, 5) is 19.1. The molecule has 0 amide bonds. The average molecular weight is 271 g/mol. The summed E-state index contributed by atoms with van der Waals surface area (Å²) in [5.41, 5.74) is 0. The lowest BCUT2D eigenvalue weighted by molar-refractivity contribution is 0.0587. The maximum absolute atomic E-state index is 11.3. The molecule has 2 unspecified atom stereocenters. The molecule has 0 aliphatic carbocycles. The molecule has 7 heteroatoms. The van der Waals surface area contributed by atoms with E-state index >= 15 is 0 Å². The van der Waals surface area contributed by atoms with Crippen molar-refractivity contribution in [3.63, 3.8) is 0 Å². The highest BCUT2D eigenvalue weighted by Gasteiger charge is 2.10. The topological polar surface area (TPSA) is 81.2 Å². The highest BCUT2D eigenvalue weighted by atomic mass is 32.2. The van der Waals surface area contributed by atoms with Gasteiger partial charge in [0.15, 0.2) is 0 Å². The Morgan fingerprint density at radius 2 is 2.33 bits per heavy atom. The monoisotopic (exact) mass is 271 g/mol. The summed E-state index contributed by atoms with van der Waals surface area (Å²) in [6.07, 6.45) is 3.93. The van der Waals surface area contributed by atoms with E-state index in [-0.39, 0.29) is 11.9 Å². The summed E-state index contributed by atoms with van der Waals surface area (Å²) in [5, 5.41) is 3.12. The van der Waals surface area contributed by atoms with E-state index in [2.05, 4.69) is 20.0 Å². The van der Waals surface area contributed by atoms with E-state index in [1.165, 1.54) is 13.3 Å². The van der Waals surface area contributed by atoms with Crippen LogP contribution in [0.1, 0.15) is 24.0 Å². The van der Waals surface area contributed by atoms with Gasteiger partial charge in [-0.3, -0.25) is 4.21 Å². The molecule has 6 nitrogen and oxygen atoms in total.